The van der Waals surface area contributed by atoms with Crippen LogP contribution in [0.5, 0.6) is 5.75 Å². The van der Waals surface area contributed by atoms with Gasteiger partial charge < -0.3 is 10.1 Å². The lowest BCUT2D eigenvalue weighted by Gasteiger charge is -2.19. The van der Waals surface area contributed by atoms with Gasteiger partial charge in [0, 0.05) is 20.6 Å². The van der Waals surface area contributed by atoms with E-state index in [-0.39, 0.29) is 11.9 Å². The zero-order valence-electron chi connectivity index (χ0n) is 11.8. The van der Waals surface area contributed by atoms with Crippen molar-refractivity contribution in [3.63, 3.8) is 0 Å². The average Bonchev–Trinajstić information content (AvgIpc) is 2.47. The summed E-state index contributed by atoms with van der Waals surface area (Å²) in [6.07, 6.45) is 0.631. The van der Waals surface area contributed by atoms with Crippen LogP contribution in [0.1, 0.15) is 17.2 Å². The largest absolute Gasteiger partial charge is 0.496 e. The van der Waals surface area contributed by atoms with E-state index in [1.165, 1.54) is 6.07 Å². The van der Waals surface area contributed by atoms with Gasteiger partial charge in [0.25, 0.3) is 0 Å². The second kappa shape index (κ2) is 7.38. The van der Waals surface area contributed by atoms with E-state index in [2.05, 4.69) is 37.2 Å². The molecule has 0 bridgehead atoms. The fraction of sp³-hybridized carbons (Fsp3) is 0.250. The smallest absolute Gasteiger partial charge is 0.128 e. The molecule has 0 amide bonds. The topological polar surface area (TPSA) is 21.3 Å². The minimum atomic E-state index is -0.216. The van der Waals surface area contributed by atoms with Gasteiger partial charge in [0.2, 0.25) is 0 Å². The molecule has 21 heavy (non-hydrogen) atoms. The van der Waals surface area contributed by atoms with Crippen LogP contribution in [0.2, 0.25) is 0 Å². The lowest BCUT2D eigenvalue weighted by atomic mass is 9.98. The van der Waals surface area contributed by atoms with E-state index in [1.807, 2.05) is 25.2 Å². The highest BCUT2D eigenvalue weighted by Gasteiger charge is 2.17. The van der Waals surface area contributed by atoms with Crippen molar-refractivity contribution in [1.29, 1.82) is 0 Å². The summed E-state index contributed by atoms with van der Waals surface area (Å²) < 4.78 is 21.3. The first-order valence-corrected chi connectivity index (χ1v) is 8.08. The Morgan fingerprint density at radius 3 is 2.48 bits per heavy atom. The van der Waals surface area contributed by atoms with Crippen LogP contribution in [0.15, 0.2) is 45.3 Å². The molecule has 0 aliphatic heterocycles. The highest BCUT2D eigenvalue weighted by atomic mass is 79.9. The predicted octanol–water partition coefficient (Wildman–Crippen LogP) is 4.86. The molecule has 0 saturated heterocycles. The molecule has 0 fully saturated rings. The van der Waals surface area contributed by atoms with E-state index < -0.39 is 0 Å². The number of hydrogen-bond acceptors (Lipinski definition) is 2. The number of hydrogen-bond donors (Lipinski definition) is 1. The number of likely N-dealkylation sites (N-methyl/N-ethyl adjacent to an activating group) is 1. The zero-order valence-corrected chi connectivity index (χ0v) is 15.0. The Morgan fingerprint density at radius 2 is 1.81 bits per heavy atom. The predicted molar refractivity (Wildman–Crippen MR) is 90.3 cm³/mol. The van der Waals surface area contributed by atoms with Gasteiger partial charge in [0.1, 0.15) is 11.6 Å². The Morgan fingerprint density at radius 1 is 1.14 bits per heavy atom. The minimum Gasteiger partial charge on any atom is -0.496 e. The van der Waals surface area contributed by atoms with E-state index >= 15 is 0 Å². The summed E-state index contributed by atoms with van der Waals surface area (Å²) >= 11 is 6.85. The molecule has 1 unspecified atom stereocenters. The highest BCUT2D eigenvalue weighted by Crippen LogP contribution is 2.30. The monoisotopic (exact) mass is 415 g/mol. The summed E-state index contributed by atoms with van der Waals surface area (Å²) in [6.45, 7) is 0. The Kier molecular flexibility index (Phi) is 5.79. The Hall–Kier alpha value is -0.910. The summed E-state index contributed by atoms with van der Waals surface area (Å²) in [6, 6.07) is 10.7. The minimum absolute atomic E-state index is 0.134. The molecule has 1 N–H and O–H groups in total. The first kappa shape index (κ1) is 16.5. The lowest BCUT2D eigenvalue weighted by molar-refractivity contribution is 0.405. The lowest BCUT2D eigenvalue weighted by Crippen LogP contribution is -2.20. The third-order valence-electron chi connectivity index (χ3n) is 3.35. The van der Waals surface area contributed by atoms with Crippen LogP contribution in [-0.4, -0.2) is 14.2 Å². The Bertz CT molecular complexity index is 634. The number of rotatable bonds is 5. The van der Waals surface area contributed by atoms with E-state index in [0.29, 0.717) is 12.0 Å². The van der Waals surface area contributed by atoms with Crippen LogP contribution in [0.3, 0.4) is 0 Å². The van der Waals surface area contributed by atoms with Gasteiger partial charge in [-0.15, -0.1) is 0 Å². The first-order valence-electron chi connectivity index (χ1n) is 6.49. The standard InChI is InChI=1S/C16H16Br2FNO/c1-20-15(13-9-12(18)3-5-14(13)19)8-10-7-11(17)4-6-16(10)21-2/h3-7,9,15,20H,8H2,1-2H3. The highest BCUT2D eigenvalue weighted by molar-refractivity contribution is 9.10. The van der Waals surface area contributed by atoms with Crippen molar-refractivity contribution in [3.8, 4) is 5.75 Å². The van der Waals surface area contributed by atoms with E-state index in [1.54, 1.807) is 19.2 Å². The van der Waals surface area contributed by atoms with Crippen LogP contribution >= 0.6 is 31.9 Å². The maximum Gasteiger partial charge on any atom is 0.128 e. The van der Waals surface area contributed by atoms with Crippen LogP contribution in [-0.2, 0) is 6.42 Å². The molecule has 0 heterocycles. The first-order chi connectivity index (χ1) is 10.0. The molecule has 1 atom stereocenters. The van der Waals surface area contributed by atoms with Crippen molar-refractivity contribution in [2.24, 2.45) is 0 Å². The molecule has 2 rings (SSSR count). The van der Waals surface area contributed by atoms with E-state index in [9.17, 15) is 4.39 Å². The maximum absolute atomic E-state index is 14.1. The molecular weight excluding hydrogens is 401 g/mol. The van der Waals surface area contributed by atoms with Crippen molar-refractivity contribution in [3.05, 3.63) is 62.3 Å². The number of ether oxygens (including phenoxy) is 1. The van der Waals surface area contributed by atoms with Gasteiger partial charge in [-0.2, -0.15) is 0 Å². The quantitative estimate of drug-likeness (QED) is 0.751. The molecule has 0 radical (unpaired) electrons. The van der Waals surface area contributed by atoms with Crippen molar-refractivity contribution in [2.45, 2.75) is 12.5 Å². The van der Waals surface area contributed by atoms with Crippen LogP contribution in [0.4, 0.5) is 4.39 Å². The van der Waals surface area contributed by atoms with E-state index in [0.717, 1.165) is 20.3 Å². The molecule has 0 aromatic heterocycles. The Labute approximate surface area is 141 Å². The maximum atomic E-state index is 14.1. The van der Waals surface area contributed by atoms with Crippen molar-refractivity contribution in [2.75, 3.05) is 14.2 Å². The zero-order chi connectivity index (χ0) is 15.4. The number of nitrogens with one attached hydrogen (secondary N) is 1. The van der Waals surface area contributed by atoms with Gasteiger partial charge in [-0.3, -0.25) is 0 Å². The van der Waals surface area contributed by atoms with Crippen LogP contribution < -0.4 is 10.1 Å². The Balaban J connectivity index is 2.35. The van der Waals surface area contributed by atoms with Crippen molar-refractivity contribution in [1.82, 2.24) is 5.32 Å². The summed E-state index contributed by atoms with van der Waals surface area (Å²) in [5.41, 5.74) is 1.65. The second-order valence-electron chi connectivity index (χ2n) is 4.67. The normalized spacial score (nSPS) is 12.2. The van der Waals surface area contributed by atoms with E-state index in [4.69, 9.17) is 4.74 Å². The molecule has 2 aromatic rings. The molecule has 0 aliphatic carbocycles. The molecule has 2 aromatic carbocycles. The SMILES string of the molecule is CNC(Cc1cc(Br)ccc1OC)c1cc(Br)ccc1F. The third-order valence-corrected chi connectivity index (χ3v) is 4.33. The summed E-state index contributed by atoms with van der Waals surface area (Å²) in [5.74, 6) is 0.584. The summed E-state index contributed by atoms with van der Waals surface area (Å²) in [7, 11) is 3.47. The summed E-state index contributed by atoms with van der Waals surface area (Å²) in [5, 5.41) is 3.17. The molecule has 0 saturated carbocycles. The molecule has 0 spiro atoms. The van der Waals surface area contributed by atoms with Crippen molar-refractivity contribution < 1.29 is 9.13 Å². The van der Waals surface area contributed by atoms with Gasteiger partial charge in [0.05, 0.1) is 7.11 Å². The van der Waals surface area contributed by atoms with Crippen LogP contribution in [0, 0.1) is 5.82 Å². The second-order valence-corrected chi connectivity index (χ2v) is 6.50. The van der Waals surface area contributed by atoms with Gasteiger partial charge >= 0.3 is 0 Å². The van der Waals surface area contributed by atoms with Gasteiger partial charge in [-0.1, -0.05) is 31.9 Å². The fourth-order valence-corrected chi connectivity index (χ4v) is 3.06. The van der Waals surface area contributed by atoms with Gasteiger partial charge in [-0.05, 0) is 55.4 Å². The van der Waals surface area contributed by atoms with Gasteiger partial charge in [0.15, 0.2) is 0 Å². The number of halogens is 3. The summed E-state index contributed by atoms with van der Waals surface area (Å²) in [4.78, 5) is 0. The number of benzene rings is 2. The number of methoxy groups -OCH3 is 1. The molecular formula is C16H16Br2FNO. The average molecular weight is 417 g/mol. The molecule has 112 valence electrons. The van der Waals surface area contributed by atoms with Gasteiger partial charge in [-0.25, -0.2) is 4.39 Å². The van der Waals surface area contributed by atoms with Crippen molar-refractivity contribution >= 4 is 31.9 Å². The fourth-order valence-electron chi connectivity index (χ4n) is 2.28. The third kappa shape index (κ3) is 4.05. The molecule has 2 nitrogen and oxygen atoms in total. The molecule has 5 heteroatoms. The van der Waals surface area contributed by atoms with Crippen LogP contribution in [0.25, 0.3) is 0 Å². The molecule has 0 aliphatic rings.